The van der Waals surface area contributed by atoms with E-state index in [4.69, 9.17) is 4.74 Å². The van der Waals surface area contributed by atoms with Gasteiger partial charge in [-0.15, -0.1) is 0 Å². The number of rotatable bonds is 7. The zero-order valence-corrected chi connectivity index (χ0v) is 14.9. The molecule has 1 aromatic rings. The van der Waals surface area contributed by atoms with Gasteiger partial charge in [-0.3, -0.25) is 14.4 Å². The van der Waals surface area contributed by atoms with Gasteiger partial charge >= 0.3 is 0 Å². The number of carbonyl (C=O) groups is 1. The molecule has 1 saturated heterocycles. The van der Waals surface area contributed by atoms with E-state index in [1.165, 1.54) is 0 Å². The highest BCUT2D eigenvalue weighted by atomic mass is 16.5. The fourth-order valence-corrected chi connectivity index (χ4v) is 2.89. The molecule has 0 aromatic carbocycles. The Morgan fingerprint density at radius 3 is 2.52 bits per heavy atom. The molecule has 1 aliphatic rings. The second kappa shape index (κ2) is 8.45. The lowest BCUT2D eigenvalue weighted by Crippen LogP contribution is -2.49. The van der Waals surface area contributed by atoms with Crippen LogP contribution in [0.15, 0.2) is 6.07 Å². The van der Waals surface area contributed by atoms with E-state index in [9.17, 15) is 4.79 Å². The molecule has 0 saturated carbocycles. The molecule has 2 rings (SSSR count). The van der Waals surface area contributed by atoms with Crippen molar-refractivity contribution >= 4 is 5.91 Å². The van der Waals surface area contributed by atoms with Crippen LogP contribution in [-0.4, -0.2) is 71.9 Å². The molecule has 1 fully saturated rings. The Kier molecular flexibility index (Phi) is 6.59. The van der Waals surface area contributed by atoms with Crippen LogP contribution in [0.4, 0.5) is 0 Å². The highest BCUT2D eigenvalue weighted by molar-refractivity contribution is 5.92. The van der Waals surface area contributed by atoms with Crippen LogP contribution in [0.5, 0.6) is 0 Å². The molecule has 6 heteroatoms. The normalized spacial score (nSPS) is 16.3. The second-order valence-corrected chi connectivity index (χ2v) is 6.57. The summed E-state index contributed by atoms with van der Waals surface area (Å²) in [5.41, 5.74) is 1.68. The summed E-state index contributed by atoms with van der Waals surface area (Å²) in [7, 11) is 3.60. The van der Waals surface area contributed by atoms with Crippen molar-refractivity contribution in [2.45, 2.75) is 32.6 Å². The first kappa shape index (κ1) is 17.9. The van der Waals surface area contributed by atoms with Crippen LogP contribution in [0.3, 0.4) is 0 Å². The van der Waals surface area contributed by atoms with Gasteiger partial charge in [-0.05, 0) is 31.4 Å². The Bertz CT molecular complexity index is 505. The minimum atomic E-state index is 0.103. The number of unbranched alkanes of at least 4 members (excludes halogenated alkanes) is 1. The Labute approximate surface area is 139 Å². The maximum absolute atomic E-state index is 12.7. The van der Waals surface area contributed by atoms with E-state index >= 15 is 0 Å². The van der Waals surface area contributed by atoms with Gasteiger partial charge in [0.05, 0.1) is 5.69 Å². The van der Waals surface area contributed by atoms with Crippen molar-refractivity contribution in [1.82, 2.24) is 19.6 Å². The monoisotopic (exact) mass is 322 g/mol. The van der Waals surface area contributed by atoms with Crippen LogP contribution < -0.4 is 0 Å². The topological polar surface area (TPSA) is 50.6 Å². The summed E-state index contributed by atoms with van der Waals surface area (Å²) in [4.78, 5) is 17.1. The smallest absolute Gasteiger partial charge is 0.272 e. The average molecular weight is 322 g/mol. The molecule has 0 bridgehead atoms. The number of aryl methyl sites for hydroxylation is 1. The summed E-state index contributed by atoms with van der Waals surface area (Å²) in [5, 5.41) is 4.45. The van der Waals surface area contributed by atoms with Gasteiger partial charge in [0.15, 0.2) is 0 Å². The molecule has 0 unspecified atom stereocenters. The third-order valence-corrected chi connectivity index (χ3v) is 4.44. The zero-order chi connectivity index (χ0) is 16.8. The highest BCUT2D eigenvalue weighted by Gasteiger charge is 2.24. The first-order chi connectivity index (χ1) is 11.0. The molecule has 0 spiro atoms. The van der Waals surface area contributed by atoms with Gasteiger partial charge in [-0.2, -0.15) is 5.10 Å². The number of hydrogen-bond acceptors (Lipinski definition) is 4. The number of ether oxygens (including phenoxy) is 1. The summed E-state index contributed by atoms with van der Waals surface area (Å²) in [6, 6.07) is 1.93. The number of hydrogen-bond donors (Lipinski definition) is 0. The molecular weight excluding hydrogens is 292 g/mol. The van der Waals surface area contributed by atoms with E-state index in [2.05, 4.69) is 23.8 Å². The second-order valence-electron chi connectivity index (χ2n) is 6.57. The van der Waals surface area contributed by atoms with Gasteiger partial charge < -0.3 is 9.64 Å². The predicted molar refractivity (Wildman–Crippen MR) is 90.8 cm³/mol. The fraction of sp³-hybridized carbons (Fsp3) is 0.765. The Hall–Kier alpha value is -1.40. The number of methoxy groups -OCH3 is 1. The average Bonchev–Trinajstić information content (AvgIpc) is 2.94. The minimum Gasteiger partial charge on any atom is -0.385 e. The lowest BCUT2D eigenvalue weighted by atomic mass is 10.1. The van der Waals surface area contributed by atoms with Crippen LogP contribution >= 0.6 is 0 Å². The molecule has 1 aliphatic heterocycles. The van der Waals surface area contributed by atoms with E-state index in [1.807, 2.05) is 18.0 Å². The number of nitrogens with zero attached hydrogens (tertiary/aromatic N) is 4. The third kappa shape index (κ3) is 4.78. The number of piperazine rings is 1. The minimum absolute atomic E-state index is 0.103. The molecule has 6 nitrogen and oxygen atoms in total. The molecule has 0 atom stereocenters. The van der Waals surface area contributed by atoms with Gasteiger partial charge in [0.2, 0.25) is 0 Å². The fourth-order valence-electron chi connectivity index (χ4n) is 2.89. The van der Waals surface area contributed by atoms with Crippen molar-refractivity contribution in [2.24, 2.45) is 7.05 Å². The van der Waals surface area contributed by atoms with Crippen LogP contribution in [0.25, 0.3) is 0 Å². The highest BCUT2D eigenvalue weighted by Crippen LogP contribution is 2.16. The van der Waals surface area contributed by atoms with E-state index in [0.29, 0.717) is 11.6 Å². The van der Waals surface area contributed by atoms with Crippen molar-refractivity contribution in [3.8, 4) is 0 Å². The van der Waals surface area contributed by atoms with Gasteiger partial charge in [0, 0.05) is 46.9 Å². The molecule has 1 amide bonds. The number of aromatic nitrogens is 2. The van der Waals surface area contributed by atoms with E-state index in [1.54, 1.807) is 11.8 Å². The summed E-state index contributed by atoms with van der Waals surface area (Å²) in [6.45, 7) is 9.61. The lowest BCUT2D eigenvalue weighted by molar-refractivity contribution is 0.0622. The van der Waals surface area contributed by atoms with Crippen LogP contribution in [0.1, 0.15) is 48.8 Å². The molecule has 0 aliphatic carbocycles. The third-order valence-electron chi connectivity index (χ3n) is 4.44. The Morgan fingerprint density at radius 1 is 1.26 bits per heavy atom. The van der Waals surface area contributed by atoms with E-state index in [0.717, 1.165) is 57.9 Å². The maximum atomic E-state index is 12.7. The molecule has 0 N–H and O–H groups in total. The van der Waals surface area contributed by atoms with Crippen LogP contribution in [0.2, 0.25) is 0 Å². The predicted octanol–water partition coefficient (Wildman–Crippen LogP) is 1.73. The van der Waals surface area contributed by atoms with Crippen molar-refractivity contribution in [1.29, 1.82) is 0 Å². The van der Waals surface area contributed by atoms with Gasteiger partial charge in [0.25, 0.3) is 5.91 Å². The summed E-state index contributed by atoms with van der Waals surface area (Å²) < 4.78 is 6.80. The largest absolute Gasteiger partial charge is 0.385 e. The quantitative estimate of drug-likeness (QED) is 0.717. The lowest BCUT2D eigenvalue weighted by Gasteiger charge is -2.34. The molecule has 130 valence electrons. The van der Waals surface area contributed by atoms with Crippen molar-refractivity contribution < 1.29 is 9.53 Å². The number of amides is 1. The molecule has 23 heavy (non-hydrogen) atoms. The molecule has 2 heterocycles. The first-order valence-electron chi connectivity index (χ1n) is 8.57. The van der Waals surface area contributed by atoms with Crippen LogP contribution in [0, 0.1) is 0 Å². The van der Waals surface area contributed by atoms with E-state index in [-0.39, 0.29) is 5.91 Å². The van der Waals surface area contributed by atoms with Crippen molar-refractivity contribution in [2.75, 3.05) is 46.4 Å². The summed E-state index contributed by atoms with van der Waals surface area (Å²) >= 11 is 0. The summed E-state index contributed by atoms with van der Waals surface area (Å²) in [6.07, 6.45) is 2.25. The van der Waals surface area contributed by atoms with Crippen molar-refractivity contribution in [3.63, 3.8) is 0 Å². The van der Waals surface area contributed by atoms with Gasteiger partial charge in [-0.25, -0.2) is 0 Å². The zero-order valence-electron chi connectivity index (χ0n) is 14.9. The first-order valence-corrected chi connectivity index (χ1v) is 8.57. The number of carbonyl (C=O) groups excluding carboxylic acids is 1. The van der Waals surface area contributed by atoms with Crippen LogP contribution in [-0.2, 0) is 11.8 Å². The standard InChI is InChI=1S/C17H30N4O2/c1-14(2)15-13-16(19(3)18-15)17(22)21-10-8-20(9-11-21)7-5-6-12-23-4/h13-14H,5-12H2,1-4H3. The SMILES string of the molecule is COCCCCN1CCN(C(=O)c2cc(C(C)C)nn2C)CC1. The van der Waals surface area contributed by atoms with Gasteiger partial charge in [0.1, 0.15) is 5.69 Å². The summed E-state index contributed by atoms with van der Waals surface area (Å²) in [5.74, 6) is 0.442. The van der Waals surface area contributed by atoms with Gasteiger partial charge in [-0.1, -0.05) is 13.8 Å². The Morgan fingerprint density at radius 2 is 1.96 bits per heavy atom. The molecule has 0 radical (unpaired) electrons. The molecular formula is C17H30N4O2. The van der Waals surface area contributed by atoms with Crippen molar-refractivity contribution in [3.05, 3.63) is 17.5 Å². The maximum Gasteiger partial charge on any atom is 0.272 e. The van der Waals surface area contributed by atoms with E-state index < -0.39 is 0 Å². The molecule has 1 aromatic heterocycles. The Balaban J connectivity index is 1.84.